The largest absolute Gasteiger partial charge is 0.250 e. The smallest absolute Gasteiger partial charge is 0.138 e. The van der Waals surface area contributed by atoms with Crippen LogP contribution in [0.4, 0.5) is 0 Å². The van der Waals surface area contributed by atoms with Crippen molar-refractivity contribution in [3.63, 3.8) is 0 Å². The predicted octanol–water partition coefficient (Wildman–Crippen LogP) is 2.17. The van der Waals surface area contributed by atoms with Gasteiger partial charge >= 0.3 is 0 Å². The topological polar surface area (TPSA) is 30.7 Å². The lowest BCUT2D eigenvalue weighted by Gasteiger charge is -2.12. The van der Waals surface area contributed by atoms with Gasteiger partial charge in [0.15, 0.2) is 0 Å². The highest BCUT2D eigenvalue weighted by atomic mass is 35.5. The van der Waals surface area contributed by atoms with E-state index in [4.69, 9.17) is 11.6 Å². The second kappa shape index (κ2) is 3.66. The van der Waals surface area contributed by atoms with Gasteiger partial charge in [-0.25, -0.2) is 4.98 Å². The molecule has 4 heteroatoms. The molecule has 1 aliphatic rings. The number of halogens is 1. The van der Waals surface area contributed by atoms with Gasteiger partial charge in [-0.3, -0.25) is 4.68 Å². The first-order valence-electron chi connectivity index (χ1n) is 4.84. The number of rotatable bonds is 2. The molecule has 1 saturated carbocycles. The SMILES string of the molecule is CCn1ncnc1C1CCCC1Cl. The summed E-state index contributed by atoms with van der Waals surface area (Å²) in [5, 5.41) is 4.42. The first kappa shape index (κ1) is 9.00. The van der Waals surface area contributed by atoms with Crippen molar-refractivity contribution < 1.29 is 0 Å². The molecule has 3 nitrogen and oxygen atoms in total. The van der Waals surface area contributed by atoms with E-state index < -0.39 is 0 Å². The van der Waals surface area contributed by atoms with Crippen LogP contribution in [0.1, 0.15) is 37.9 Å². The minimum absolute atomic E-state index is 0.259. The van der Waals surface area contributed by atoms with Crippen molar-refractivity contribution in [3.8, 4) is 0 Å². The normalized spacial score (nSPS) is 28.2. The van der Waals surface area contributed by atoms with E-state index in [1.54, 1.807) is 6.33 Å². The Morgan fingerprint density at radius 2 is 2.46 bits per heavy atom. The summed E-state index contributed by atoms with van der Waals surface area (Å²) in [4.78, 5) is 4.29. The molecule has 0 amide bonds. The van der Waals surface area contributed by atoms with Gasteiger partial charge in [-0.2, -0.15) is 5.10 Å². The Balaban J connectivity index is 2.23. The summed E-state index contributed by atoms with van der Waals surface area (Å²) in [7, 11) is 0. The molecule has 2 unspecified atom stereocenters. The molecule has 1 aromatic heterocycles. The summed E-state index contributed by atoms with van der Waals surface area (Å²) in [6, 6.07) is 0. The van der Waals surface area contributed by atoms with Crippen LogP contribution in [-0.2, 0) is 6.54 Å². The molecule has 0 spiro atoms. The molecular formula is C9H14ClN3. The average Bonchev–Trinajstić information content (AvgIpc) is 2.71. The number of aromatic nitrogens is 3. The minimum atomic E-state index is 0.259. The summed E-state index contributed by atoms with van der Waals surface area (Å²) in [6.45, 7) is 2.96. The van der Waals surface area contributed by atoms with Crippen LogP contribution in [0.3, 0.4) is 0 Å². The molecule has 2 atom stereocenters. The molecule has 13 heavy (non-hydrogen) atoms. The zero-order chi connectivity index (χ0) is 9.26. The van der Waals surface area contributed by atoms with Crippen molar-refractivity contribution in [3.05, 3.63) is 12.2 Å². The molecule has 0 saturated heterocycles. The lowest BCUT2D eigenvalue weighted by molar-refractivity contribution is 0.559. The fourth-order valence-electron chi connectivity index (χ4n) is 2.01. The van der Waals surface area contributed by atoms with E-state index in [-0.39, 0.29) is 5.38 Å². The highest BCUT2D eigenvalue weighted by Crippen LogP contribution is 2.36. The first-order chi connectivity index (χ1) is 6.33. The zero-order valence-electron chi connectivity index (χ0n) is 7.78. The van der Waals surface area contributed by atoms with E-state index in [9.17, 15) is 0 Å². The summed E-state index contributed by atoms with van der Waals surface area (Å²) in [5.74, 6) is 1.49. The van der Waals surface area contributed by atoms with Crippen LogP contribution in [0.15, 0.2) is 6.33 Å². The number of nitrogens with zero attached hydrogens (tertiary/aromatic N) is 3. The average molecular weight is 200 g/mol. The van der Waals surface area contributed by atoms with Gasteiger partial charge in [0, 0.05) is 17.8 Å². The van der Waals surface area contributed by atoms with Crippen molar-refractivity contribution in [1.82, 2.24) is 14.8 Å². The third-order valence-electron chi connectivity index (χ3n) is 2.71. The molecule has 1 aliphatic carbocycles. The Bertz CT molecular complexity index is 284. The third-order valence-corrected chi connectivity index (χ3v) is 3.23. The molecule has 1 heterocycles. The molecule has 0 aliphatic heterocycles. The Morgan fingerprint density at radius 1 is 1.62 bits per heavy atom. The Morgan fingerprint density at radius 3 is 3.08 bits per heavy atom. The molecule has 0 aromatic carbocycles. The number of hydrogen-bond acceptors (Lipinski definition) is 2. The fourth-order valence-corrected chi connectivity index (χ4v) is 2.40. The summed E-state index contributed by atoms with van der Waals surface area (Å²) >= 11 is 6.22. The first-order valence-corrected chi connectivity index (χ1v) is 5.28. The van der Waals surface area contributed by atoms with Crippen molar-refractivity contribution >= 4 is 11.6 Å². The van der Waals surface area contributed by atoms with Gasteiger partial charge in [-0.1, -0.05) is 6.42 Å². The maximum Gasteiger partial charge on any atom is 0.138 e. The molecule has 0 radical (unpaired) electrons. The van der Waals surface area contributed by atoms with E-state index in [2.05, 4.69) is 17.0 Å². The maximum absolute atomic E-state index is 6.22. The molecular weight excluding hydrogens is 186 g/mol. The monoisotopic (exact) mass is 199 g/mol. The predicted molar refractivity (Wildman–Crippen MR) is 51.9 cm³/mol. The molecule has 1 fully saturated rings. The van der Waals surface area contributed by atoms with Gasteiger partial charge in [-0.05, 0) is 19.8 Å². The lowest BCUT2D eigenvalue weighted by atomic mass is 10.1. The standard InChI is InChI=1S/C9H14ClN3/c1-2-13-9(11-6-12-13)7-4-3-5-8(7)10/h6-8H,2-5H2,1H3. The highest BCUT2D eigenvalue weighted by Gasteiger charge is 2.30. The molecule has 2 rings (SSSR count). The van der Waals surface area contributed by atoms with Crippen LogP contribution >= 0.6 is 11.6 Å². The lowest BCUT2D eigenvalue weighted by Crippen LogP contribution is -2.13. The van der Waals surface area contributed by atoms with Gasteiger partial charge in [-0.15, -0.1) is 11.6 Å². The maximum atomic E-state index is 6.22. The van der Waals surface area contributed by atoms with E-state index in [0.29, 0.717) is 5.92 Å². The molecule has 1 aromatic rings. The van der Waals surface area contributed by atoms with Crippen LogP contribution in [0, 0.1) is 0 Å². The number of alkyl halides is 1. The summed E-state index contributed by atoms with van der Waals surface area (Å²) < 4.78 is 1.95. The van der Waals surface area contributed by atoms with E-state index in [1.165, 1.54) is 6.42 Å². The summed E-state index contributed by atoms with van der Waals surface area (Å²) in [5.41, 5.74) is 0. The van der Waals surface area contributed by atoms with E-state index in [1.807, 2.05) is 4.68 Å². The van der Waals surface area contributed by atoms with E-state index >= 15 is 0 Å². The Kier molecular flexibility index (Phi) is 2.54. The van der Waals surface area contributed by atoms with Gasteiger partial charge in [0.25, 0.3) is 0 Å². The Labute approximate surface area is 83.1 Å². The number of hydrogen-bond donors (Lipinski definition) is 0. The second-order valence-corrected chi connectivity index (χ2v) is 4.05. The second-order valence-electron chi connectivity index (χ2n) is 3.49. The van der Waals surface area contributed by atoms with Crippen molar-refractivity contribution in [2.75, 3.05) is 0 Å². The third kappa shape index (κ3) is 1.57. The minimum Gasteiger partial charge on any atom is -0.250 e. The van der Waals surface area contributed by atoms with E-state index in [0.717, 1.165) is 25.2 Å². The van der Waals surface area contributed by atoms with Gasteiger partial charge in [0.05, 0.1) is 0 Å². The van der Waals surface area contributed by atoms with Crippen LogP contribution in [0.5, 0.6) is 0 Å². The van der Waals surface area contributed by atoms with Crippen LogP contribution in [0.25, 0.3) is 0 Å². The van der Waals surface area contributed by atoms with Gasteiger partial charge < -0.3 is 0 Å². The molecule has 0 bridgehead atoms. The summed E-state index contributed by atoms with van der Waals surface area (Å²) in [6.07, 6.45) is 5.12. The fraction of sp³-hybridized carbons (Fsp3) is 0.778. The van der Waals surface area contributed by atoms with Crippen LogP contribution < -0.4 is 0 Å². The molecule has 72 valence electrons. The van der Waals surface area contributed by atoms with Gasteiger partial charge in [0.2, 0.25) is 0 Å². The van der Waals surface area contributed by atoms with Crippen LogP contribution in [0.2, 0.25) is 0 Å². The zero-order valence-corrected chi connectivity index (χ0v) is 8.54. The quantitative estimate of drug-likeness (QED) is 0.684. The Hall–Kier alpha value is -0.570. The highest BCUT2D eigenvalue weighted by molar-refractivity contribution is 6.21. The molecule has 0 N–H and O–H groups in total. The number of aryl methyl sites for hydroxylation is 1. The van der Waals surface area contributed by atoms with Crippen LogP contribution in [-0.4, -0.2) is 20.1 Å². The van der Waals surface area contributed by atoms with Gasteiger partial charge in [0.1, 0.15) is 12.2 Å². The van der Waals surface area contributed by atoms with Crippen molar-refractivity contribution in [1.29, 1.82) is 0 Å². The van der Waals surface area contributed by atoms with Crippen molar-refractivity contribution in [2.45, 2.75) is 44.0 Å². The van der Waals surface area contributed by atoms with Crippen molar-refractivity contribution in [2.24, 2.45) is 0 Å².